The summed E-state index contributed by atoms with van der Waals surface area (Å²) in [5, 5.41) is 2.90. The number of hydrogen-bond acceptors (Lipinski definition) is 1. The van der Waals surface area contributed by atoms with Gasteiger partial charge >= 0.3 is 6.18 Å². The molecule has 0 aromatic heterocycles. The smallest absolute Gasteiger partial charge is 0.314 e. The molecule has 1 unspecified atom stereocenters. The minimum absolute atomic E-state index is 0.396. The molecule has 4 heteroatoms. The van der Waals surface area contributed by atoms with Crippen molar-refractivity contribution in [3.05, 3.63) is 0 Å². The van der Waals surface area contributed by atoms with E-state index in [4.69, 9.17) is 0 Å². The summed E-state index contributed by atoms with van der Waals surface area (Å²) in [7, 11) is 0. The van der Waals surface area contributed by atoms with E-state index >= 15 is 0 Å². The third-order valence-electron chi connectivity index (χ3n) is 2.38. The topological polar surface area (TPSA) is 12.0 Å². The summed E-state index contributed by atoms with van der Waals surface area (Å²) in [5.41, 5.74) is 0. The Morgan fingerprint density at radius 3 is 2.20 bits per heavy atom. The van der Waals surface area contributed by atoms with Gasteiger partial charge in [0.2, 0.25) is 0 Å². The first-order valence-corrected chi connectivity index (χ1v) is 5.79. The Balaban J connectivity index is 3.73. The van der Waals surface area contributed by atoms with Crippen LogP contribution in [0.2, 0.25) is 0 Å². The summed E-state index contributed by atoms with van der Waals surface area (Å²) in [5.74, 6) is 0. The van der Waals surface area contributed by atoms with Crippen LogP contribution in [0.15, 0.2) is 0 Å². The van der Waals surface area contributed by atoms with Crippen molar-refractivity contribution < 1.29 is 13.2 Å². The van der Waals surface area contributed by atoms with E-state index in [-0.39, 0.29) is 0 Å². The minimum Gasteiger partial charge on any atom is -0.314 e. The quantitative estimate of drug-likeness (QED) is 0.618. The zero-order valence-corrected chi connectivity index (χ0v) is 9.66. The van der Waals surface area contributed by atoms with Crippen LogP contribution in [-0.4, -0.2) is 18.8 Å². The van der Waals surface area contributed by atoms with Gasteiger partial charge in [-0.05, 0) is 13.0 Å². The van der Waals surface area contributed by atoms with Crippen LogP contribution in [0.1, 0.15) is 52.4 Å². The molecule has 0 heterocycles. The summed E-state index contributed by atoms with van der Waals surface area (Å²) in [6.45, 7) is 4.54. The fraction of sp³-hybridized carbons (Fsp3) is 1.00. The van der Waals surface area contributed by atoms with Crippen LogP contribution in [0.4, 0.5) is 13.2 Å². The van der Waals surface area contributed by atoms with Crippen LogP contribution in [0.3, 0.4) is 0 Å². The van der Waals surface area contributed by atoms with Crippen molar-refractivity contribution in [3.63, 3.8) is 0 Å². The monoisotopic (exact) mass is 225 g/mol. The summed E-state index contributed by atoms with van der Waals surface area (Å²) in [6, 6.07) is -0.396. The van der Waals surface area contributed by atoms with Crippen LogP contribution in [0.5, 0.6) is 0 Å². The number of rotatable bonds is 8. The average Bonchev–Trinajstić information content (AvgIpc) is 2.10. The summed E-state index contributed by atoms with van der Waals surface area (Å²) in [6.07, 6.45) is 0.0474. The lowest BCUT2D eigenvalue weighted by Crippen LogP contribution is -2.33. The summed E-state index contributed by atoms with van der Waals surface area (Å²) in [4.78, 5) is 0. The van der Waals surface area contributed by atoms with Crippen molar-refractivity contribution in [2.45, 2.75) is 64.6 Å². The Hall–Kier alpha value is -0.250. The van der Waals surface area contributed by atoms with Gasteiger partial charge in [-0.1, -0.05) is 39.5 Å². The second-order valence-electron chi connectivity index (χ2n) is 3.92. The van der Waals surface area contributed by atoms with Gasteiger partial charge in [0, 0.05) is 6.04 Å². The SMILES string of the molecule is CCCCCCC(CC(F)(F)F)NCC. The maximum Gasteiger partial charge on any atom is 0.390 e. The maximum atomic E-state index is 12.2. The second-order valence-corrected chi connectivity index (χ2v) is 3.92. The highest BCUT2D eigenvalue weighted by Crippen LogP contribution is 2.23. The standard InChI is InChI=1S/C11H22F3N/c1-3-5-6-7-8-10(15-4-2)9-11(12,13)14/h10,15H,3-9H2,1-2H3. The van der Waals surface area contributed by atoms with E-state index in [1.165, 1.54) is 0 Å². The van der Waals surface area contributed by atoms with Crippen LogP contribution in [0.25, 0.3) is 0 Å². The van der Waals surface area contributed by atoms with Gasteiger partial charge in [-0.25, -0.2) is 0 Å². The molecule has 0 bridgehead atoms. The molecule has 0 aliphatic heterocycles. The lowest BCUT2D eigenvalue weighted by Gasteiger charge is -2.19. The highest BCUT2D eigenvalue weighted by molar-refractivity contribution is 4.70. The maximum absolute atomic E-state index is 12.2. The molecule has 1 nitrogen and oxygen atoms in total. The van der Waals surface area contributed by atoms with Crippen LogP contribution >= 0.6 is 0 Å². The van der Waals surface area contributed by atoms with Gasteiger partial charge in [-0.3, -0.25) is 0 Å². The average molecular weight is 225 g/mol. The molecule has 0 rings (SSSR count). The lowest BCUT2D eigenvalue weighted by atomic mass is 10.0. The Morgan fingerprint density at radius 2 is 1.73 bits per heavy atom. The molecule has 0 spiro atoms. The van der Waals surface area contributed by atoms with Crippen molar-refractivity contribution in [2.75, 3.05) is 6.54 Å². The molecule has 0 aliphatic rings. The highest BCUT2D eigenvalue weighted by Gasteiger charge is 2.31. The van der Waals surface area contributed by atoms with Crippen molar-refractivity contribution >= 4 is 0 Å². The van der Waals surface area contributed by atoms with E-state index < -0.39 is 18.6 Å². The largest absolute Gasteiger partial charge is 0.390 e. The predicted molar refractivity (Wildman–Crippen MR) is 56.9 cm³/mol. The molecule has 92 valence electrons. The molecule has 0 saturated heterocycles. The van der Waals surface area contributed by atoms with Crippen molar-refractivity contribution in [3.8, 4) is 0 Å². The van der Waals surface area contributed by atoms with Crippen LogP contribution in [0, 0.1) is 0 Å². The third-order valence-corrected chi connectivity index (χ3v) is 2.38. The lowest BCUT2D eigenvalue weighted by molar-refractivity contribution is -0.140. The molecule has 0 aromatic carbocycles. The molecule has 0 radical (unpaired) electrons. The van der Waals surface area contributed by atoms with Crippen molar-refractivity contribution in [2.24, 2.45) is 0 Å². The van der Waals surface area contributed by atoms with Gasteiger partial charge in [-0.15, -0.1) is 0 Å². The number of halogens is 3. The fourth-order valence-electron chi connectivity index (χ4n) is 1.66. The number of alkyl halides is 3. The molecule has 1 atom stereocenters. The van der Waals surface area contributed by atoms with Crippen molar-refractivity contribution in [1.29, 1.82) is 0 Å². The van der Waals surface area contributed by atoms with Crippen LogP contribution in [-0.2, 0) is 0 Å². The van der Waals surface area contributed by atoms with E-state index in [9.17, 15) is 13.2 Å². The molecule has 1 N–H and O–H groups in total. The Labute approximate surface area is 90.4 Å². The Kier molecular flexibility index (Phi) is 7.83. The first-order valence-electron chi connectivity index (χ1n) is 5.79. The molecule has 0 fully saturated rings. The second kappa shape index (κ2) is 7.97. The summed E-state index contributed by atoms with van der Waals surface area (Å²) >= 11 is 0. The number of nitrogens with one attached hydrogen (secondary N) is 1. The normalized spacial score (nSPS) is 14.2. The van der Waals surface area contributed by atoms with Gasteiger partial charge in [0.05, 0.1) is 6.42 Å². The Morgan fingerprint density at radius 1 is 1.07 bits per heavy atom. The Bertz CT molecular complexity index is 145. The van der Waals surface area contributed by atoms with Gasteiger partial charge in [-0.2, -0.15) is 13.2 Å². The number of unbranched alkanes of at least 4 members (excludes halogenated alkanes) is 3. The third kappa shape index (κ3) is 10.0. The molecule has 0 aromatic rings. The summed E-state index contributed by atoms with van der Waals surface area (Å²) < 4.78 is 36.5. The van der Waals surface area contributed by atoms with E-state index in [0.717, 1.165) is 25.7 Å². The van der Waals surface area contributed by atoms with Gasteiger partial charge in [0.25, 0.3) is 0 Å². The molecule has 0 saturated carbocycles. The zero-order chi connectivity index (χ0) is 11.7. The minimum atomic E-state index is -4.04. The number of hydrogen-bond donors (Lipinski definition) is 1. The predicted octanol–water partition coefficient (Wildman–Crippen LogP) is 3.89. The zero-order valence-electron chi connectivity index (χ0n) is 9.66. The van der Waals surface area contributed by atoms with Crippen molar-refractivity contribution in [1.82, 2.24) is 5.32 Å². The first-order chi connectivity index (χ1) is 6.99. The molecule has 0 amide bonds. The van der Waals surface area contributed by atoms with Crippen LogP contribution < -0.4 is 5.32 Å². The molecular formula is C11H22F3N. The molecule has 0 aliphatic carbocycles. The van der Waals surface area contributed by atoms with Gasteiger partial charge in [0.15, 0.2) is 0 Å². The fourth-order valence-corrected chi connectivity index (χ4v) is 1.66. The first kappa shape index (κ1) is 14.8. The highest BCUT2D eigenvalue weighted by atomic mass is 19.4. The molecular weight excluding hydrogens is 203 g/mol. The van der Waals surface area contributed by atoms with E-state index in [1.54, 1.807) is 0 Å². The van der Waals surface area contributed by atoms with E-state index in [2.05, 4.69) is 12.2 Å². The van der Waals surface area contributed by atoms with Gasteiger partial charge < -0.3 is 5.32 Å². The van der Waals surface area contributed by atoms with Gasteiger partial charge in [0.1, 0.15) is 0 Å². The van der Waals surface area contributed by atoms with E-state index in [1.807, 2.05) is 6.92 Å². The van der Waals surface area contributed by atoms with E-state index in [0.29, 0.717) is 13.0 Å². The molecule has 15 heavy (non-hydrogen) atoms.